The van der Waals surface area contributed by atoms with Crippen LogP contribution in [0.5, 0.6) is 0 Å². The maximum absolute atomic E-state index is 13.2. The minimum atomic E-state index is -3.88. The SMILES string of the molecule is CCNC(=O)[C@H](C)N(Cc1ccc(F)cc1)C(=O)CN(C)S(=O)(=O)c1ccc(C)cc1. The number of hydrogen-bond acceptors (Lipinski definition) is 4. The van der Waals surface area contributed by atoms with Gasteiger partial charge in [0.2, 0.25) is 21.8 Å². The summed E-state index contributed by atoms with van der Waals surface area (Å²) in [6.07, 6.45) is 0. The zero-order valence-corrected chi connectivity index (χ0v) is 18.9. The number of sulfonamides is 1. The minimum absolute atomic E-state index is 0.0375. The largest absolute Gasteiger partial charge is 0.355 e. The summed E-state index contributed by atoms with van der Waals surface area (Å²) in [5.41, 5.74) is 1.54. The number of halogens is 1. The molecule has 0 unspecified atom stereocenters. The van der Waals surface area contributed by atoms with Crippen LogP contribution < -0.4 is 5.32 Å². The summed E-state index contributed by atoms with van der Waals surface area (Å²) < 4.78 is 39.9. The van der Waals surface area contributed by atoms with E-state index in [0.717, 1.165) is 9.87 Å². The number of nitrogens with one attached hydrogen (secondary N) is 1. The van der Waals surface area contributed by atoms with Gasteiger partial charge in [-0.15, -0.1) is 0 Å². The predicted molar refractivity (Wildman–Crippen MR) is 116 cm³/mol. The van der Waals surface area contributed by atoms with Gasteiger partial charge in [-0.2, -0.15) is 4.31 Å². The molecule has 0 radical (unpaired) electrons. The van der Waals surface area contributed by atoms with Crippen LogP contribution in [-0.4, -0.2) is 55.6 Å². The molecule has 0 heterocycles. The van der Waals surface area contributed by atoms with Crippen molar-refractivity contribution in [2.24, 2.45) is 0 Å². The van der Waals surface area contributed by atoms with Gasteiger partial charge in [0.05, 0.1) is 11.4 Å². The van der Waals surface area contributed by atoms with E-state index >= 15 is 0 Å². The smallest absolute Gasteiger partial charge is 0.243 e. The molecular formula is C22H28FN3O4S. The van der Waals surface area contributed by atoms with Gasteiger partial charge in [0, 0.05) is 20.1 Å². The number of benzene rings is 2. The van der Waals surface area contributed by atoms with Crippen molar-refractivity contribution < 1.29 is 22.4 Å². The molecule has 0 fully saturated rings. The topological polar surface area (TPSA) is 86.8 Å². The van der Waals surface area contributed by atoms with Gasteiger partial charge in [0.1, 0.15) is 11.9 Å². The molecule has 0 aliphatic heterocycles. The van der Waals surface area contributed by atoms with Crippen molar-refractivity contribution in [2.45, 2.75) is 38.3 Å². The summed E-state index contributed by atoms with van der Waals surface area (Å²) in [7, 11) is -2.56. The Hall–Kier alpha value is -2.78. The first-order chi connectivity index (χ1) is 14.6. The summed E-state index contributed by atoms with van der Waals surface area (Å²) >= 11 is 0. The Morgan fingerprint density at radius 3 is 2.19 bits per heavy atom. The van der Waals surface area contributed by atoms with Crippen molar-refractivity contribution in [1.29, 1.82) is 0 Å². The lowest BCUT2D eigenvalue weighted by molar-refractivity contribution is -0.140. The third-order valence-corrected chi connectivity index (χ3v) is 6.69. The molecule has 0 saturated carbocycles. The van der Waals surface area contributed by atoms with Crippen molar-refractivity contribution in [1.82, 2.24) is 14.5 Å². The van der Waals surface area contributed by atoms with Gasteiger partial charge in [-0.05, 0) is 50.6 Å². The van der Waals surface area contributed by atoms with Crippen LogP contribution in [0.2, 0.25) is 0 Å². The fourth-order valence-corrected chi connectivity index (χ4v) is 4.07. The Labute approximate surface area is 182 Å². The van der Waals surface area contributed by atoms with Crippen molar-refractivity contribution >= 4 is 21.8 Å². The molecule has 0 aliphatic rings. The average molecular weight is 450 g/mol. The van der Waals surface area contributed by atoms with Gasteiger partial charge in [-0.25, -0.2) is 12.8 Å². The second-order valence-electron chi connectivity index (χ2n) is 7.29. The highest BCUT2D eigenvalue weighted by atomic mass is 32.2. The highest BCUT2D eigenvalue weighted by Gasteiger charge is 2.30. The first-order valence-corrected chi connectivity index (χ1v) is 11.3. The van der Waals surface area contributed by atoms with Gasteiger partial charge in [0.15, 0.2) is 0 Å². The fourth-order valence-electron chi connectivity index (χ4n) is 2.95. The molecule has 0 saturated heterocycles. The third kappa shape index (κ3) is 6.35. The summed E-state index contributed by atoms with van der Waals surface area (Å²) in [6, 6.07) is 11.1. The van der Waals surface area contributed by atoms with E-state index in [1.54, 1.807) is 26.0 Å². The second-order valence-corrected chi connectivity index (χ2v) is 9.34. The monoisotopic (exact) mass is 449 g/mol. The van der Waals surface area contributed by atoms with Crippen LogP contribution >= 0.6 is 0 Å². The van der Waals surface area contributed by atoms with Crippen molar-refractivity contribution in [3.05, 3.63) is 65.5 Å². The van der Waals surface area contributed by atoms with E-state index in [1.807, 2.05) is 6.92 Å². The Bertz CT molecular complexity index is 1010. The number of rotatable bonds is 9. The Morgan fingerprint density at radius 2 is 1.65 bits per heavy atom. The summed E-state index contributed by atoms with van der Waals surface area (Å²) in [5.74, 6) is -1.31. The van der Waals surface area contributed by atoms with E-state index in [2.05, 4.69) is 5.32 Å². The zero-order valence-electron chi connectivity index (χ0n) is 18.1. The fraction of sp³-hybridized carbons (Fsp3) is 0.364. The molecule has 2 aromatic carbocycles. The van der Waals surface area contributed by atoms with Crippen LogP contribution in [0.15, 0.2) is 53.4 Å². The number of nitrogens with zero attached hydrogens (tertiary/aromatic N) is 2. The van der Waals surface area contributed by atoms with E-state index < -0.39 is 34.3 Å². The quantitative estimate of drug-likeness (QED) is 0.637. The summed E-state index contributed by atoms with van der Waals surface area (Å²) in [4.78, 5) is 26.8. The standard InChI is InChI=1S/C22H28FN3O4S/c1-5-24-22(28)17(3)26(14-18-8-10-19(23)11-9-18)21(27)15-25(4)31(29,30)20-12-6-16(2)7-13-20/h6-13,17H,5,14-15H2,1-4H3,(H,24,28)/t17-/m0/s1. The van der Waals surface area contributed by atoms with Gasteiger partial charge >= 0.3 is 0 Å². The Kier molecular flexibility index (Phi) is 8.29. The summed E-state index contributed by atoms with van der Waals surface area (Å²) in [6.45, 7) is 5.17. The lowest BCUT2D eigenvalue weighted by atomic mass is 10.1. The van der Waals surface area contributed by atoms with Crippen LogP contribution in [0.1, 0.15) is 25.0 Å². The minimum Gasteiger partial charge on any atom is -0.355 e. The highest BCUT2D eigenvalue weighted by molar-refractivity contribution is 7.89. The molecule has 7 nitrogen and oxygen atoms in total. The first-order valence-electron chi connectivity index (χ1n) is 9.91. The van der Waals surface area contributed by atoms with E-state index in [9.17, 15) is 22.4 Å². The molecule has 2 amide bonds. The lowest BCUT2D eigenvalue weighted by Crippen LogP contribution is -2.50. The average Bonchev–Trinajstić information content (AvgIpc) is 2.73. The lowest BCUT2D eigenvalue weighted by Gasteiger charge is -2.30. The van der Waals surface area contributed by atoms with Gasteiger partial charge in [-0.3, -0.25) is 9.59 Å². The second kappa shape index (κ2) is 10.5. The molecule has 31 heavy (non-hydrogen) atoms. The molecule has 2 aromatic rings. The Morgan fingerprint density at radius 1 is 1.06 bits per heavy atom. The molecule has 0 aromatic heterocycles. The van der Waals surface area contributed by atoms with Gasteiger partial charge in [-0.1, -0.05) is 29.8 Å². The number of hydrogen-bond donors (Lipinski definition) is 1. The molecule has 1 atom stereocenters. The Balaban J connectivity index is 2.25. The van der Waals surface area contributed by atoms with Crippen LogP contribution in [-0.2, 0) is 26.2 Å². The predicted octanol–water partition coefficient (Wildman–Crippen LogP) is 2.31. The van der Waals surface area contributed by atoms with E-state index in [0.29, 0.717) is 12.1 Å². The van der Waals surface area contributed by atoms with Crippen LogP contribution in [0.25, 0.3) is 0 Å². The summed E-state index contributed by atoms with van der Waals surface area (Å²) in [5, 5.41) is 2.67. The normalized spacial score (nSPS) is 12.5. The molecule has 2 rings (SSSR count). The molecule has 168 valence electrons. The molecule has 0 spiro atoms. The number of amides is 2. The number of aryl methyl sites for hydroxylation is 1. The maximum Gasteiger partial charge on any atom is 0.243 e. The molecule has 1 N–H and O–H groups in total. The maximum atomic E-state index is 13.2. The molecular weight excluding hydrogens is 421 g/mol. The first kappa shape index (κ1) is 24.5. The van der Waals surface area contributed by atoms with Crippen LogP contribution in [0.3, 0.4) is 0 Å². The molecule has 9 heteroatoms. The van der Waals surface area contributed by atoms with Gasteiger partial charge in [0.25, 0.3) is 0 Å². The van der Waals surface area contributed by atoms with Crippen LogP contribution in [0, 0.1) is 12.7 Å². The molecule has 0 aliphatic carbocycles. The number of likely N-dealkylation sites (N-methyl/N-ethyl adjacent to an activating group) is 2. The van der Waals surface area contributed by atoms with Gasteiger partial charge < -0.3 is 10.2 Å². The van der Waals surface area contributed by atoms with E-state index in [1.165, 1.54) is 48.3 Å². The van der Waals surface area contributed by atoms with Crippen molar-refractivity contribution in [3.8, 4) is 0 Å². The van der Waals surface area contributed by atoms with E-state index in [-0.39, 0.29) is 17.3 Å². The van der Waals surface area contributed by atoms with Crippen molar-refractivity contribution in [3.63, 3.8) is 0 Å². The third-order valence-electron chi connectivity index (χ3n) is 4.87. The zero-order chi connectivity index (χ0) is 23.2. The number of carbonyl (C=O) groups excluding carboxylic acids is 2. The van der Waals surface area contributed by atoms with Crippen LogP contribution in [0.4, 0.5) is 4.39 Å². The van der Waals surface area contributed by atoms with Crippen molar-refractivity contribution in [2.75, 3.05) is 20.1 Å². The number of carbonyl (C=O) groups is 2. The highest BCUT2D eigenvalue weighted by Crippen LogP contribution is 2.17. The van der Waals surface area contributed by atoms with E-state index in [4.69, 9.17) is 0 Å². The molecule has 0 bridgehead atoms.